The number of rotatable bonds is 5. The maximum Gasteiger partial charge on any atom is 0.266 e. The molecular formula is C21H19FN2O3S. The van der Waals surface area contributed by atoms with Crippen LogP contribution in [0.15, 0.2) is 42.5 Å². The largest absolute Gasteiger partial charge is 0.380 e. The molecule has 0 atom stereocenters. The lowest BCUT2D eigenvalue weighted by molar-refractivity contribution is -0.117. The Kier molecular flexibility index (Phi) is 5.11. The summed E-state index contributed by atoms with van der Waals surface area (Å²) in [5.74, 6) is -0.599. The van der Waals surface area contributed by atoms with E-state index in [2.05, 4.69) is 5.32 Å². The molecule has 0 spiro atoms. The lowest BCUT2D eigenvalue weighted by Crippen LogP contribution is -2.23. The number of ether oxygens (including phenoxy) is 1. The molecule has 2 heterocycles. The van der Waals surface area contributed by atoms with Crippen molar-refractivity contribution in [1.29, 1.82) is 0 Å². The molecule has 2 amide bonds. The first-order valence-electron chi connectivity index (χ1n) is 8.99. The van der Waals surface area contributed by atoms with E-state index in [9.17, 15) is 14.0 Å². The molecule has 3 aromatic rings. The Morgan fingerprint density at radius 1 is 1.29 bits per heavy atom. The number of hydrogen-bond donors (Lipinski definition) is 1. The van der Waals surface area contributed by atoms with Gasteiger partial charge in [0.05, 0.1) is 11.5 Å². The minimum atomic E-state index is -0.366. The Morgan fingerprint density at radius 3 is 2.86 bits per heavy atom. The lowest BCUT2D eigenvalue weighted by atomic mass is 10.1. The van der Waals surface area contributed by atoms with E-state index in [0.717, 1.165) is 12.1 Å². The Morgan fingerprint density at radius 2 is 2.11 bits per heavy atom. The summed E-state index contributed by atoms with van der Waals surface area (Å²) in [6, 6.07) is 12.0. The molecule has 1 saturated heterocycles. The van der Waals surface area contributed by atoms with Crippen LogP contribution in [0.5, 0.6) is 0 Å². The molecule has 0 saturated carbocycles. The predicted octanol–water partition coefficient (Wildman–Crippen LogP) is 4.57. The van der Waals surface area contributed by atoms with Gasteiger partial charge < -0.3 is 15.0 Å². The van der Waals surface area contributed by atoms with Gasteiger partial charge in [-0.25, -0.2) is 4.39 Å². The maximum absolute atomic E-state index is 14.3. The Bertz CT molecular complexity index is 1060. The molecule has 0 unspecified atom stereocenters. The average molecular weight is 398 g/mol. The Hall–Kier alpha value is -2.77. The van der Waals surface area contributed by atoms with Gasteiger partial charge in [0.25, 0.3) is 5.91 Å². The monoisotopic (exact) mass is 398 g/mol. The quantitative estimate of drug-likeness (QED) is 0.685. The molecule has 2 aromatic carbocycles. The molecule has 4 rings (SSSR count). The number of nitrogens with one attached hydrogen (secondary N) is 1. The second-order valence-electron chi connectivity index (χ2n) is 6.61. The van der Waals surface area contributed by atoms with Gasteiger partial charge in [-0.15, -0.1) is 11.3 Å². The minimum absolute atomic E-state index is 0.0887. The molecule has 28 heavy (non-hydrogen) atoms. The number of carbonyl (C=O) groups is 2. The number of halogens is 1. The lowest BCUT2D eigenvalue weighted by Gasteiger charge is -2.16. The second kappa shape index (κ2) is 7.69. The smallest absolute Gasteiger partial charge is 0.266 e. The van der Waals surface area contributed by atoms with Gasteiger partial charge in [0.1, 0.15) is 5.82 Å². The zero-order valence-electron chi connectivity index (χ0n) is 15.3. The fraction of sp³-hybridized carbons (Fsp3) is 0.238. The van der Waals surface area contributed by atoms with Gasteiger partial charge in [0.2, 0.25) is 5.91 Å². The zero-order chi connectivity index (χ0) is 19.7. The van der Waals surface area contributed by atoms with Crippen molar-refractivity contribution in [3.05, 3.63) is 58.7 Å². The van der Waals surface area contributed by atoms with Crippen molar-refractivity contribution in [2.45, 2.75) is 19.4 Å². The van der Waals surface area contributed by atoms with Crippen LogP contribution in [0.25, 0.3) is 10.1 Å². The van der Waals surface area contributed by atoms with Crippen molar-refractivity contribution in [2.75, 3.05) is 23.9 Å². The highest BCUT2D eigenvalue weighted by atomic mass is 32.1. The fourth-order valence-electron chi connectivity index (χ4n) is 3.49. The Labute approximate surface area is 165 Å². The van der Waals surface area contributed by atoms with Crippen LogP contribution in [0.2, 0.25) is 0 Å². The first kappa shape index (κ1) is 18.6. The Balaban J connectivity index is 1.65. The van der Waals surface area contributed by atoms with Crippen molar-refractivity contribution in [1.82, 2.24) is 0 Å². The predicted molar refractivity (Wildman–Crippen MR) is 108 cm³/mol. The van der Waals surface area contributed by atoms with Gasteiger partial charge in [0, 0.05) is 47.1 Å². The highest BCUT2D eigenvalue weighted by molar-refractivity contribution is 7.21. The molecule has 0 bridgehead atoms. The van der Waals surface area contributed by atoms with Gasteiger partial charge in [-0.05, 0) is 36.8 Å². The highest BCUT2D eigenvalue weighted by Gasteiger charge is 2.23. The van der Waals surface area contributed by atoms with Gasteiger partial charge in [-0.1, -0.05) is 12.1 Å². The van der Waals surface area contributed by atoms with Gasteiger partial charge in [0.15, 0.2) is 0 Å². The molecule has 0 aliphatic carbocycles. The molecule has 144 valence electrons. The van der Waals surface area contributed by atoms with Crippen molar-refractivity contribution < 1.29 is 18.7 Å². The maximum atomic E-state index is 14.3. The number of fused-ring (bicyclic) bond motifs is 1. The summed E-state index contributed by atoms with van der Waals surface area (Å²) >= 11 is 1.24. The fourth-order valence-corrected chi connectivity index (χ4v) is 4.61. The summed E-state index contributed by atoms with van der Waals surface area (Å²) in [5, 5.41) is 3.30. The summed E-state index contributed by atoms with van der Waals surface area (Å²) in [5.41, 5.74) is 1.90. The topological polar surface area (TPSA) is 58.6 Å². The molecule has 1 aromatic heterocycles. The van der Waals surface area contributed by atoms with Gasteiger partial charge >= 0.3 is 0 Å². The first-order valence-corrected chi connectivity index (χ1v) is 9.80. The first-order chi connectivity index (χ1) is 13.6. The van der Waals surface area contributed by atoms with Crippen LogP contribution >= 0.6 is 11.3 Å². The SMILES string of the molecule is COCc1c(C(=O)Nc2cccc(N3CCCC3=O)c2)sc2cccc(F)c12. The summed E-state index contributed by atoms with van der Waals surface area (Å²) in [4.78, 5) is 27.0. The van der Waals surface area contributed by atoms with Crippen molar-refractivity contribution in [3.63, 3.8) is 0 Å². The van der Waals surface area contributed by atoms with Crippen LogP contribution in [0.3, 0.4) is 0 Å². The van der Waals surface area contributed by atoms with E-state index in [4.69, 9.17) is 4.74 Å². The molecule has 1 aliphatic rings. The number of amides is 2. The van der Waals surface area contributed by atoms with E-state index in [-0.39, 0.29) is 24.2 Å². The van der Waals surface area contributed by atoms with Gasteiger partial charge in [-0.3, -0.25) is 9.59 Å². The number of nitrogens with zero attached hydrogens (tertiary/aromatic N) is 1. The van der Waals surface area contributed by atoms with E-state index in [1.165, 1.54) is 24.5 Å². The van der Waals surface area contributed by atoms with Crippen LogP contribution in [0.1, 0.15) is 28.1 Å². The summed E-state index contributed by atoms with van der Waals surface area (Å²) in [7, 11) is 1.52. The normalized spacial score (nSPS) is 14.1. The summed E-state index contributed by atoms with van der Waals surface area (Å²) in [6.07, 6.45) is 1.38. The molecular weight excluding hydrogens is 379 g/mol. The van der Waals surface area contributed by atoms with E-state index >= 15 is 0 Å². The number of hydrogen-bond acceptors (Lipinski definition) is 4. The summed E-state index contributed by atoms with van der Waals surface area (Å²) < 4.78 is 20.2. The van der Waals surface area contributed by atoms with Gasteiger partial charge in [-0.2, -0.15) is 0 Å². The third-order valence-electron chi connectivity index (χ3n) is 4.75. The number of carbonyl (C=O) groups excluding carboxylic acids is 2. The molecule has 1 aliphatic heterocycles. The van der Waals surface area contributed by atoms with Crippen LogP contribution < -0.4 is 10.2 Å². The van der Waals surface area contributed by atoms with Crippen LogP contribution in [-0.2, 0) is 16.1 Å². The number of methoxy groups -OCH3 is 1. The molecule has 1 N–H and O–H groups in total. The van der Waals surface area contributed by atoms with Crippen LogP contribution in [0.4, 0.5) is 15.8 Å². The summed E-state index contributed by atoms with van der Waals surface area (Å²) in [6.45, 7) is 0.829. The number of benzene rings is 2. The third-order valence-corrected chi connectivity index (χ3v) is 5.94. The standard InChI is InChI=1S/C21H19FN2O3S/c1-27-12-15-19-16(22)7-3-8-17(19)28-20(15)21(26)23-13-5-2-6-14(11-13)24-10-4-9-18(24)25/h2-3,5-8,11H,4,9-10,12H2,1H3,(H,23,26). The third kappa shape index (κ3) is 3.39. The van der Waals surface area contributed by atoms with Crippen molar-refractivity contribution in [2.24, 2.45) is 0 Å². The van der Waals surface area contributed by atoms with Crippen LogP contribution in [-0.4, -0.2) is 25.5 Å². The number of anilines is 2. The van der Waals surface area contributed by atoms with Crippen molar-refractivity contribution in [3.8, 4) is 0 Å². The zero-order valence-corrected chi connectivity index (χ0v) is 16.1. The van der Waals surface area contributed by atoms with Crippen molar-refractivity contribution >= 4 is 44.6 Å². The number of thiophene rings is 1. The molecule has 1 fully saturated rings. The van der Waals surface area contributed by atoms with E-state index in [0.29, 0.717) is 39.2 Å². The highest BCUT2D eigenvalue weighted by Crippen LogP contribution is 2.34. The molecule has 0 radical (unpaired) electrons. The second-order valence-corrected chi connectivity index (χ2v) is 7.66. The van der Waals surface area contributed by atoms with E-state index < -0.39 is 0 Å². The van der Waals surface area contributed by atoms with Crippen LogP contribution in [0, 0.1) is 5.82 Å². The molecule has 7 heteroatoms. The molecule has 5 nitrogen and oxygen atoms in total. The minimum Gasteiger partial charge on any atom is -0.380 e. The van der Waals surface area contributed by atoms with E-state index in [1.807, 2.05) is 6.07 Å². The average Bonchev–Trinajstić information content (AvgIpc) is 3.27. The van der Waals surface area contributed by atoms with E-state index in [1.54, 1.807) is 35.2 Å².